The van der Waals surface area contributed by atoms with E-state index in [1.807, 2.05) is 6.92 Å². The van der Waals surface area contributed by atoms with Gasteiger partial charge in [-0.3, -0.25) is 0 Å². The summed E-state index contributed by atoms with van der Waals surface area (Å²) in [5, 5.41) is 14.6. The lowest BCUT2D eigenvalue weighted by Gasteiger charge is -2.34. The third-order valence-electron chi connectivity index (χ3n) is 4.18. The molecule has 0 radical (unpaired) electrons. The smallest absolute Gasteiger partial charge is 0.315 e. The second-order valence-electron chi connectivity index (χ2n) is 6.73. The van der Waals surface area contributed by atoms with Crippen molar-refractivity contribution < 1.29 is 9.90 Å². The summed E-state index contributed by atoms with van der Waals surface area (Å²) in [4.78, 5) is 11.7. The molecule has 1 aliphatic carbocycles. The van der Waals surface area contributed by atoms with Gasteiger partial charge in [-0.25, -0.2) is 4.79 Å². The molecule has 0 bridgehead atoms. The number of aliphatic hydroxyl groups excluding tert-OH is 1. The van der Waals surface area contributed by atoms with Gasteiger partial charge in [-0.2, -0.15) is 0 Å². The number of carbonyl (C=O) groups is 1. The topological polar surface area (TPSA) is 61.4 Å². The van der Waals surface area contributed by atoms with Crippen molar-refractivity contribution >= 4 is 6.03 Å². The van der Waals surface area contributed by atoms with Crippen molar-refractivity contribution in [3.63, 3.8) is 0 Å². The number of amides is 2. The fraction of sp³-hybridized carbons (Fsp3) is 0.933. The molecule has 19 heavy (non-hydrogen) atoms. The van der Waals surface area contributed by atoms with E-state index in [2.05, 4.69) is 24.5 Å². The molecular weight excluding hydrogens is 240 g/mol. The Bertz CT molecular complexity index is 269. The maximum absolute atomic E-state index is 11.7. The monoisotopic (exact) mass is 270 g/mol. The van der Waals surface area contributed by atoms with Crippen LogP contribution in [-0.4, -0.2) is 30.3 Å². The van der Waals surface area contributed by atoms with Gasteiger partial charge in [-0.15, -0.1) is 0 Å². The van der Waals surface area contributed by atoms with Crippen LogP contribution in [0.4, 0.5) is 4.79 Å². The molecule has 1 saturated carbocycles. The Labute approximate surface area is 117 Å². The number of urea groups is 1. The molecule has 3 N–H and O–H groups in total. The van der Waals surface area contributed by atoms with Crippen LogP contribution in [0.3, 0.4) is 0 Å². The highest BCUT2D eigenvalue weighted by Crippen LogP contribution is 2.37. The summed E-state index contributed by atoms with van der Waals surface area (Å²) in [6, 6.07) is 0.0488. The van der Waals surface area contributed by atoms with Crippen LogP contribution in [-0.2, 0) is 0 Å². The molecule has 0 heterocycles. The Hall–Kier alpha value is -0.770. The summed E-state index contributed by atoms with van der Waals surface area (Å²) in [6.07, 6.45) is 6.50. The number of hydrogen-bond acceptors (Lipinski definition) is 2. The van der Waals surface area contributed by atoms with Gasteiger partial charge in [-0.1, -0.05) is 13.8 Å². The minimum atomic E-state index is -0.0738. The first-order valence-corrected chi connectivity index (χ1v) is 7.58. The Morgan fingerprint density at radius 2 is 2.00 bits per heavy atom. The predicted octanol–water partition coefficient (Wildman–Crippen LogP) is 2.66. The van der Waals surface area contributed by atoms with Crippen LogP contribution in [0.5, 0.6) is 0 Å². The van der Waals surface area contributed by atoms with E-state index in [4.69, 9.17) is 5.11 Å². The molecule has 0 spiro atoms. The first-order valence-electron chi connectivity index (χ1n) is 7.58. The average molecular weight is 270 g/mol. The van der Waals surface area contributed by atoms with E-state index in [1.165, 1.54) is 25.7 Å². The number of aliphatic hydroxyl groups is 1. The molecule has 4 heteroatoms. The standard InChI is InChI=1S/C15H30N2O2/c1-12(5-4-10-18)17-14(19)16-11-13-6-8-15(2,3)9-7-13/h12-13,18H,4-11H2,1-3H3,(H2,16,17,19). The van der Waals surface area contributed by atoms with Crippen LogP contribution >= 0.6 is 0 Å². The first-order chi connectivity index (χ1) is 8.93. The van der Waals surface area contributed by atoms with Gasteiger partial charge in [0, 0.05) is 19.2 Å². The summed E-state index contributed by atoms with van der Waals surface area (Å²) in [6.45, 7) is 7.59. The normalized spacial score (nSPS) is 20.8. The summed E-state index contributed by atoms with van der Waals surface area (Å²) >= 11 is 0. The van der Waals surface area contributed by atoms with E-state index in [0.29, 0.717) is 11.3 Å². The number of hydrogen-bond donors (Lipinski definition) is 3. The zero-order chi connectivity index (χ0) is 14.3. The molecule has 1 unspecified atom stereocenters. The van der Waals surface area contributed by atoms with Gasteiger partial charge >= 0.3 is 6.03 Å². The van der Waals surface area contributed by atoms with Crippen molar-refractivity contribution in [1.29, 1.82) is 0 Å². The van der Waals surface area contributed by atoms with Crippen molar-refractivity contribution in [2.45, 2.75) is 65.3 Å². The molecule has 112 valence electrons. The molecule has 0 aliphatic heterocycles. The van der Waals surface area contributed by atoms with Crippen LogP contribution in [0, 0.1) is 11.3 Å². The molecule has 0 aromatic rings. The maximum Gasteiger partial charge on any atom is 0.315 e. The highest BCUT2D eigenvalue weighted by atomic mass is 16.3. The first kappa shape index (κ1) is 16.3. The molecule has 0 saturated heterocycles. The Morgan fingerprint density at radius 3 is 2.58 bits per heavy atom. The van der Waals surface area contributed by atoms with Gasteiger partial charge in [0.05, 0.1) is 0 Å². The molecule has 1 fully saturated rings. The number of rotatable bonds is 6. The van der Waals surface area contributed by atoms with Crippen molar-refractivity contribution in [2.24, 2.45) is 11.3 Å². The Kier molecular flexibility index (Phi) is 6.63. The van der Waals surface area contributed by atoms with E-state index in [-0.39, 0.29) is 18.7 Å². The van der Waals surface area contributed by atoms with Gasteiger partial charge in [0.15, 0.2) is 0 Å². The Balaban J connectivity index is 2.13. The lowest BCUT2D eigenvalue weighted by Crippen LogP contribution is -2.43. The minimum absolute atomic E-state index is 0.0738. The number of nitrogens with one attached hydrogen (secondary N) is 2. The molecule has 0 aromatic carbocycles. The average Bonchev–Trinajstić information content (AvgIpc) is 2.35. The van der Waals surface area contributed by atoms with Crippen LogP contribution in [0.2, 0.25) is 0 Å². The molecule has 4 nitrogen and oxygen atoms in total. The van der Waals surface area contributed by atoms with E-state index in [1.54, 1.807) is 0 Å². The van der Waals surface area contributed by atoms with E-state index in [0.717, 1.165) is 19.4 Å². The fourth-order valence-corrected chi connectivity index (χ4v) is 2.64. The van der Waals surface area contributed by atoms with Gasteiger partial charge in [0.2, 0.25) is 0 Å². The van der Waals surface area contributed by atoms with Crippen molar-refractivity contribution in [1.82, 2.24) is 10.6 Å². The maximum atomic E-state index is 11.7. The van der Waals surface area contributed by atoms with Crippen molar-refractivity contribution in [3.8, 4) is 0 Å². The zero-order valence-electron chi connectivity index (χ0n) is 12.7. The van der Waals surface area contributed by atoms with Crippen LogP contribution in [0.25, 0.3) is 0 Å². The largest absolute Gasteiger partial charge is 0.396 e. The minimum Gasteiger partial charge on any atom is -0.396 e. The lowest BCUT2D eigenvalue weighted by molar-refractivity contribution is 0.186. The van der Waals surface area contributed by atoms with Crippen LogP contribution < -0.4 is 10.6 Å². The summed E-state index contributed by atoms with van der Waals surface area (Å²) in [5.74, 6) is 0.631. The van der Waals surface area contributed by atoms with Crippen molar-refractivity contribution in [3.05, 3.63) is 0 Å². The fourth-order valence-electron chi connectivity index (χ4n) is 2.64. The van der Waals surface area contributed by atoms with Gasteiger partial charge in [-0.05, 0) is 56.8 Å². The molecule has 1 atom stereocenters. The lowest BCUT2D eigenvalue weighted by atomic mass is 9.73. The molecule has 1 rings (SSSR count). The second-order valence-corrected chi connectivity index (χ2v) is 6.73. The highest BCUT2D eigenvalue weighted by Gasteiger charge is 2.26. The highest BCUT2D eigenvalue weighted by molar-refractivity contribution is 5.74. The number of carbonyl (C=O) groups excluding carboxylic acids is 1. The van der Waals surface area contributed by atoms with Gasteiger partial charge in [0.25, 0.3) is 0 Å². The summed E-state index contributed by atoms with van der Waals surface area (Å²) in [7, 11) is 0. The Morgan fingerprint density at radius 1 is 1.37 bits per heavy atom. The zero-order valence-corrected chi connectivity index (χ0v) is 12.7. The third-order valence-corrected chi connectivity index (χ3v) is 4.18. The molecule has 2 amide bonds. The third kappa shape index (κ3) is 6.81. The van der Waals surface area contributed by atoms with Gasteiger partial charge < -0.3 is 15.7 Å². The van der Waals surface area contributed by atoms with Gasteiger partial charge in [0.1, 0.15) is 0 Å². The quantitative estimate of drug-likeness (QED) is 0.695. The van der Waals surface area contributed by atoms with Crippen LogP contribution in [0.1, 0.15) is 59.3 Å². The molecule has 1 aliphatic rings. The SMILES string of the molecule is CC(CCCO)NC(=O)NCC1CCC(C)(C)CC1. The van der Waals surface area contributed by atoms with Crippen molar-refractivity contribution in [2.75, 3.05) is 13.2 Å². The molecular formula is C15H30N2O2. The summed E-state index contributed by atoms with van der Waals surface area (Å²) < 4.78 is 0. The second kappa shape index (κ2) is 7.73. The van der Waals surface area contributed by atoms with Crippen LogP contribution in [0.15, 0.2) is 0 Å². The molecule has 0 aromatic heterocycles. The summed E-state index contributed by atoms with van der Waals surface area (Å²) in [5.41, 5.74) is 0.484. The van der Waals surface area contributed by atoms with E-state index >= 15 is 0 Å². The predicted molar refractivity (Wildman–Crippen MR) is 78.1 cm³/mol. The van der Waals surface area contributed by atoms with E-state index in [9.17, 15) is 4.79 Å². The van der Waals surface area contributed by atoms with E-state index < -0.39 is 0 Å².